The van der Waals surface area contributed by atoms with Gasteiger partial charge in [-0.3, -0.25) is 0 Å². The second-order valence-electron chi connectivity index (χ2n) is 4.78. The summed E-state index contributed by atoms with van der Waals surface area (Å²) in [7, 11) is 0. The third-order valence-corrected chi connectivity index (χ3v) is 3.16. The van der Waals surface area contributed by atoms with Crippen LogP contribution in [0.4, 0.5) is 5.95 Å². The summed E-state index contributed by atoms with van der Waals surface area (Å²) in [6.07, 6.45) is 3.30. The van der Waals surface area contributed by atoms with Crippen LogP contribution in [0.3, 0.4) is 0 Å². The maximum Gasteiger partial charge on any atom is 0.224 e. The van der Waals surface area contributed by atoms with Gasteiger partial charge in [-0.15, -0.1) is 0 Å². The molecular weight excluding hydrogens is 292 g/mol. The number of phenolic OH excluding ortho intramolecular Hbond substituents is 2. The highest BCUT2D eigenvalue weighted by atomic mass is 16.3. The van der Waals surface area contributed by atoms with Crippen molar-refractivity contribution in [3.63, 3.8) is 0 Å². The smallest absolute Gasteiger partial charge is 0.224 e. The molecule has 23 heavy (non-hydrogen) atoms. The van der Waals surface area contributed by atoms with Gasteiger partial charge in [-0.05, 0) is 30.4 Å². The minimum Gasteiger partial charge on any atom is -0.507 e. The van der Waals surface area contributed by atoms with Crippen LogP contribution in [-0.4, -0.2) is 25.2 Å². The zero-order valence-corrected chi connectivity index (χ0v) is 12.1. The van der Waals surface area contributed by atoms with Gasteiger partial charge in [-0.25, -0.2) is 4.98 Å². The first-order valence-electron chi connectivity index (χ1n) is 6.89. The standard InChI is InChI=1S/C17H14N4O2/c18-17-20-15(10-9-11-5-1-3-7-13(11)22)19-16(21-17)12-6-2-4-8-14(12)23/h1-10,22-23H,(H2,18,19,20,21). The Labute approximate surface area is 132 Å². The van der Waals surface area contributed by atoms with Crippen LogP contribution in [-0.2, 0) is 0 Å². The lowest BCUT2D eigenvalue weighted by molar-refractivity contribution is 0.474. The number of anilines is 1. The minimum absolute atomic E-state index is 0.0511. The van der Waals surface area contributed by atoms with E-state index in [0.717, 1.165) is 0 Å². The largest absolute Gasteiger partial charge is 0.507 e. The van der Waals surface area contributed by atoms with E-state index in [1.807, 2.05) is 6.07 Å². The quantitative estimate of drug-likeness (QED) is 0.687. The lowest BCUT2D eigenvalue weighted by Gasteiger charge is -2.04. The van der Waals surface area contributed by atoms with Crippen molar-refractivity contribution < 1.29 is 10.2 Å². The molecule has 0 saturated heterocycles. The number of nitrogen functional groups attached to an aromatic ring is 1. The Kier molecular flexibility index (Phi) is 3.88. The molecule has 1 heterocycles. The average Bonchev–Trinajstić information content (AvgIpc) is 2.54. The van der Waals surface area contributed by atoms with Gasteiger partial charge in [0.25, 0.3) is 0 Å². The highest BCUT2D eigenvalue weighted by molar-refractivity contribution is 5.71. The van der Waals surface area contributed by atoms with E-state index >= 15 is 0 Å². The van der Waals surface area contributed by atoms with Gasteiger partial charge in [0.05, 0.1) is 5.56 Å². The van der Waals surface area contributed by atoms with Gasteiger partial charge in [-0.1, -0.05) is 30.3 Å². The monoisotopic (exact) mass is 306 g/mol. The van der Waals surface area contributed by atoms with Crippen molar-refractivity contribution >= 4 is 18.1 Å². The molecule has 3 rings (SSSR count). The Morgan fingerprint density at radius 3 is 2.22 bits per heavy atom. The molecule has 0 aliphatic heterocycles. The molecule has 0 unspecified atom stereocenters. The maximum atomic E-state index is 9.90. The predicted octanol–water partition coefficient (Wildman–Crippen LogP) is 2.70. The zero-order valence-electron chi connectivity index (χ0n) is 12.1. The van der Waals surface area contributed by atoms with E-state index in [1.165, 1.54) is 0 Å². The van der Waals surface area contributed by atoms with E-state index in [0.29, 0.717) is 17.0 Å². The molecule has 0 aliphatic rings. The predicted molar refractivity (Wildman–Crippen MR) is 88.4 cm³/mol. The third-order valence-electron chi connectivity index (χ3n) is 3.16. The Morgan fingerprint density at radius 1 is 0.783 bits per heavy atom. The third kappa shape index (κ3) is 3.26. The Balaban J connectivity index is 1.99. The highest BCUT2D eigenvalue weighted by Gasteiger charge is 2.09. The summed E-state index contributed by atoms with van der Waals surface area (Å²) in [6, 6.07) is 13.6. The molecule has 3 aromatic rings. The molecule has 2 aromatic carbocycles. The number of rotatable bonds is 3. The summed E-state index contributed by atoms with van der Waals surface area (Å²) in [5.74, 6) is 0.891. The van der Waals surface area contributed by atoms with Crippen LogP contribution in [0.1, 0.15) is 11.4 Å². The number of aromatic hydroxyl groups is 2. The van der Waals surface area contributed by atoms with Crippen molar-refractivity contribution in [1.29, 1.82) is 0 Å². The second-order valence-corrected chi connectivity index (χ2v) is 4.78. The van der Waals surface area contributed by atoms with Crippen molar-refractivity contribution in [3.8, 4) is 22.9 Å². The van der Waals surface area contributed by atoms with E-state index in [-0.39, 0.29) is 23.3 Å². The van der Waals surface area contributed by atoms with Crippen molar-refractivity contribution in [1.82, 2.24) is 15.0 Å². The van der Waals surface area contributed by atoms with E-state index in [2.05, 4.69) is 15.0 Å². The molecule has 0 aliphatic carbocycles. The van der Waals surface area contributed by atoms with Gasteiger partial charge in [-0.2, -0.15) is 9.97 Å². The van der Waals surface area contributed by atoms with E-state index in [4.69, 9.17) is 5.73 Å². The van der Waals surface area contributed by atoms with E-state index in [9.17, 15) is 10.2 Å². The average molecular weight is 306 g/mol. The summed E-state index contributed by atoms with van der Waals surface area (Å²) >= 11 is 0. The zero-order chi connectivity index (χ0) is 16.2. The molecule has 114 valence electrons. The number of nitrogens with two attached hydrogens (primary N) is 1. The van der Waals surface area contributed by atoms with Crippen molar-refractivity contribution in [2.24, 2.45) is 0 Å². The molecule has 0 amide bonds. The van der Waals surface area contributed by atoms with Crippen LogP contribution >= 0.6 is 0 Å². The van der Waals surface area contributed by atoms with Crippen LogP contribution in [0.5, 0.6) is 11.5 Å². The number of phenols is 2. The molecule has 6 heteroatoms. The van der Waals surface area contributed by atoms with E-state index in [1.54, 1.807) is 54.6 Å². The first-order chi connectivity index (χ1) is 11.1. The molecule has 0 atom stereocenters. The van der Waals surface area contributed by atoms with Gasteiger partial charge in [0.1, 0.15) is 11.5 Å². The fourth-order valence-corrected chi connectivity index (χ4v) is 2.06. The topological polar surface area (TPSA) is 105 Å². The second kappa shape index (κ2) is 6.15. The Hall–Kier alpha value is -3.41. The molecule has 0 spiro atoms. The van der Waals surface area contributed by atoms with E-state index < -0.39 is 0 Å². The molecule has 0 saturated carbocycles. The molecule has 0 fully saturated rings. The molecule has 4 N–H and O–H groups in total. The summed E-state index contributed by atoms with van der Waals surface area (Å²) in [5, 5.41) is 19.6. The molecule has 0 radical (unpaired) electrons. The van der Waals surface area contributed by atoms with Gasteiger partial charge in [0, 0.05) is 5.56 Å². The summed E-state index contributed by atoms with van der Waals surface area (Å²) in [6.45, 7) is 0. The van der Waals surface area contributed by atoms with Crippen molar-refractivity contribution in [2.45, 2.75) is 0 Å². The lowest BCUT2D eigenvalue weighted by Crippen LogP contribution is -2.02. The van der Waals surface area contributed by atoms with Crippen LogP contribution in [0.15, 0.2) is 48.5 Å². The molecule has 6 nitrogen and oxygen atoms in total. The first-order valence-corrected chi connectivity index (χ1v) is 6.89. The van der Waals surface area contributed by atoms with Gasteiger partial charge >= 0.3 is 0 Å². The summed E-state index contributed by atoms with van der Waals surface area (Å²) < 4.78 is 0. The number of benzene rings is 2. The maximum absolute atomic E-state index is 9.90. The minimum atomic E-state index is 0.0511. The normalized spacial score (nSPS) is 11.0. The fraction of sp³-hybridized carbons (Fsp3) is 0. The highest BCUT2D eigenvalue weighted by Crippen LogP contribution is 2.26. The molecule has 1 aromatic heterocycles. The SMILES string of the molecule is Nc1nc(C=Cc2ccccc2O)nc(-c2ccccc2O)n1. The van der Waals surface area contributed by atoms with Crippen LogP contribution in [0.2, 0.25) is 0 Å². The van der Waals surface area contributed by atoms with Gasteiger partial charge in [0.2, 0.25) is 5.95 Å². The Bertz CT molecular complexity index is 878. The molecule has 0 bridgehead atoms. The van der Waals surface area contributed by atoms with Crippen LogP contribution in [0.25, 0.3) is 23.5 Å². The van der Waals surface area contributed by atoms with Crippen LogP contribution in [0, 0.1) is 0 Å². The number of hydrogen-bond donors (Lipinski definition) is 3. The first kappa shape index (κ1) is 14.5. The number of aromatic nitrogens is 3. The summed E-state index contributed by atoms with van der Waals surface area (Å²) in [4.78, 5) is 12.4. The van der Waals surface area contributed by atoms with Crippen molar-refractivity contribution in [2.75, 3.05) is 5.73 Å². The van der Waals surface area contributed by atoms with Crippen molar-refractivity contribution in [3.05, 3.63) is 59.9 Å². The van der Waals surface area contributed by atoms with Crippen LogP contribution < -0.4 is 5.73 Å². The molecular formula is C17H14N4O2. The Morgan fingerprint density at radius 2 is 1.48 bits per heavy atom. The fourth-order valence-electron chi connectivity index (χ4n) is 2.06. The number of nitrogens with zero attached hydrogens (tertiary/aromatic N) is 3. The number of hydrogen-bond acceptors (Lipinski definition) is 6. The van der Waals surface area contributed by atoms with Gasteiger partial charge in [0.15, 0.2) is 11.6 Å². The number of para-hydroxylation sites is 2. The summed E-state index contributed by atoms with van der Waals surface area (Å²) in [5.41, 5.74) is 6.82. The van der Waals surface area contributed by atoms with Gasteiger partial charge < -0.3 is 15.9 Å². The lowest BCUT2D eigenvalue weighted by atomic mass is 10.2.